The standard InChI is InChI=1S/C7H17NO3S/c1-7(8)3-5-12(9,10)6-4-11-2/h7H,3-6,8H2,1-2H3. The van der Waals surface area contributed by atoms with Crippen molar-refractivity contribution in [3.63, 3.8) is 0 Å². The zero-order valence-electron chi connectivity index (χ0n) is 7.62. The molecule has 12 heavy (non-hydrogen) atoms. The van der Waals surface area contributed by atoms with Gasteiger partial charge in [0, 0.05) is 13.2 Å². The second-order valence-electron chi connectivity index (χ2n) is 2.91. The number of rotatable bonds is 6. The lowest BCUT2D eigenvalue weighted by molar-refractivity contribution is 0.217. The zero-order valence-corrected chi connectivity index (χ0v) is 8.43. The van der Waals surface area contributed by atoms with Gasteiger partial charge in [-0.25, -0.2) is 8.42 Å². The molecule has 4 nitrogen and oxygen atoms in total. The topological polar surface area (TPSA) is 69.4 Å². The van der Waals surface area contributed by atoms with Crippen molar-refractivity contribution >= 4 is 9.84 Å². The van der Waals surface area contributed by atoms with Gasteiger partial charge in [-0.3, -0.25) is 0 Å². The Morgan fingerprint density at radius 3 is 2.42 bits per heavy atom. The summed E-state index contributed by atoms with van der Waals surface area (Å²) in [6, 6.07) is -0.0534. The van der Waals surface area contributed by atoms with Gasteiger partial charge in [-0.1, -0.05) is 0 Å². The molecular formula is C7H17NO3S. The summed E-state index contributed by atoms with van der Waals surface area (Å²) in [6.07, 6.45) is 0.520. The highest BCUT2D eigenvalue weighted by Crippen LogP contribution is 1.96. The molecule has 0 amide bonds. The van der Waals surface area contributed by atoms with Gasteiger partial charge in [0.25, 0.3) is 0 Å². The smallest absolute Gasteiger partial charge is 0.152 e. The monoisotopic (exact) mass is 195 g/mol. The molecule has 0 fully saturated rings. The highest BCUT2D eigenvalue weighted by atomic mass is 32.2. The van der Waals surface area contributed by atoms with Crippen LogP contribution in [0, 0.1) is 0 Å². The number of ether oxygens (including phenoxy) is 1. The number of sulfone groups is 1. The van der Waals surface area contributed by atoms with Crippen LogP contribution in [0.3, 0.4) is 0 Å². The Kier molecular flexibility index (Phi) is 5.44. The fourth-order valence-electron chi connectivity index (χ4n) is 0.678. The number of hydrogen-bond donors (Lipinski definition) is 1. The highest BCUT2D eigenvalue weighted by Gasteiger charge is 2.10. The first-order valence-electron chi connectivity index (χ1n) is 3.93. The van der Waals surface area contributed by atoms with Crippen LogP contribution in [0.4, 0.5) is 0 Å². The third-order valence-electron chi connectivity index (χ3n) is 1.48. The van der Waals surface area contributed by atoms with Gasteiger partial charge in [0.15, 0.2) is 9.84 Å². The Morgan fingerprint density at radius 1 is 1.42 bits per heavy atom. The minimum Gasteiger partial charge on any atom is -0.384 e. The average Bonchev–Trinajstić information content (AvgIpc) is 1.98. The van der Waals surface area contributed by atoms with Crippen molar-refractivity contribution in [2.45, 2.75) is 19.4 Å². The second-order valence-corrected chi connectivity index (χ2v) is 5.21. The molecular weight excluding hydrogens is 178 g/mol. The van der Waals surface area contributed by atoms with Crippen LogP contribution >= 0.6 is 0 Å². The molecule has 0 saturated carbocycles. The summed E-state index contributed by atoms with van der Waals surface area (Å²) in [4.78, 5) is 0. The van der Waals surface area contributed by atoms with E-state index >= 15 is 0 Å². The van der Waals surface area contributed by atoms with Gasteiger partial charge < -0.3 is 10.5 Å². The maximum absolute atomic E-state index is 11.2. The van der Waals surface area contributed by atoms with E-state index in [0.717, 1.165) is 0 Å². The van der Waals surface area contributed by atoms with Crippen molar-refractivity contribution in [1.29, 1.82) is 0 Å². The Labute approximate surface area is 74.0 Å². The predicted molar refractivity (Wildman–Crippen MR) is 48.8 cm³/mol. The largest absolute Gasteiger partial charge is 0.384 e. The van der Waals surface area contributed by atoms with E-state index in [2.05, 4.69) is 4.74 Å². The molecule has 0 spiro atoms. The lowest BCUT2D eigenvalue weighted by Crippen LogP contribution is -2.22. The summed E-state index contributed by atoms with van der Waals surface area (Å²) in [7, 11) is -1.46. The SMILES string of the molecule is COCCS(=O)(=O)CCC(C)N. The fraction of sp³-hybridized carbons (Fsp3) is 1.00. The first-order valence-corrected chi connectivity index (χ1v) is 5.75. The lowest BCUT2D eigenvalue weighted by atomic mass is 10.3. The Balaban J connectivity index is 3.73. The summed E-state index contributed by atoms with van der Waals surface area (Å²) in [5.41, 5.74) is 5.43. The van der Waals surface area contributed by atoms with Crippen LogP contribution in [0.15, 0.2) is 0 Å². The normalized spacial score (nSPS) is 14.6. The van der Waals surface area contributed by atoms with Gasteiger partial charge in [-0.2, -0.15) is 0 Å². The quantitative estimate of drug-likeness (QED) is 0.636. The zero-order chi connectivity index (χ0) is 9.61. The molecule has 0 aliphatic heterocycles. The van der Waals surface area contributed by atoms with Gasteiger partial charge in [0.2, 0.25) is 0 Å². The van der Waals surface area contributed by atoms with Gasteiger partial charge in [-0.15, -0.1) is 0 Å². The van der Waals surface area contributed by atoms with Crippen LogP contribution in [-0.4, -0.2) is 39.7 Å². The van der Waals surface area contributed by atoms with Crippen LogP contribution in [-0.2, 0) is 14.6 Å². The van der Waals surface area contributed by atoms with Crippen LogP contribution in [0.25, 0.3) is 0 Å². The highest BCUT2D eigenvalue weighted by molar-refractivity contribution is 7.91. The van der Waals surface area contributed by atoms with Crippen molar-refractivity contribution < 1.29 is 13.2 Å². The maximum atomic E-state index is 11.2. The minimum absolute atomic E-state index is 0.0534. The van der Waals surface area contributed by atoms with Crippen molar-refractivity contribution in [1.82, 2.24) is 0 Å². The van der Waals surface area contributed by atoms with Crippen LogP contribution in [0.5, 0.6) is 0 Å². The molecule has 0 radical (unpaired) electrons. The molecule has 5 heteroatoms. The summed E-state index contributed by atoms with van der Waals surface area (Å²) in [5.74, 6) is 0.254. The first-order chi connectivity index (χ1) is 5.48. The molecule has 2 N–H and O–H groups in total. The van der Waals surface area contributed by atoms with E-state index < -0.39 is 9.84 Å². The first kappa shape index (κ1) is 11.9. The van der Waals surface area contributed by atoms with Crippen LogP contribution < -0.4 is 5.73 Å². The van der Waals surface area contributed by atoms with Gasteiger partial charge in [0.05, 0.1) is 18.1 Å². The molecule has 74 valence electrons. The minimum atomic E-state index is -2.94. The summed E-state index contributed by atoms with van der Waals surface area (Å²) < 4.78 is 27.0. The van der Waals surface area contributed by atoms with Crippen molar-refractivity contribution in [3.05, 3.63) is 0 Å². The third-order valence-corrected chi connectivity index (χ3v) is 3.13. The Hall–Kier alpha value is -0.130. The molecule has 0 aromatic heterocycles. The van der Waals surface area contributed by atoms with E-state index in [1.54, 1.807) is 6.92 Å². The van der Waals surface area contributed by atoms with Gasteiger partial charge in [0.1, 0.15) is 0 Å². The van der Waals surface area contributed by atoms with E-state index in [-0.39, 0.29) is 24.2 Å². The fourth-order valence-corrected chi connectivity index (χ4v) is 2.03. The molecule has 0 bridgehead atoms. The van der Waals surface area contributed by atoms with Crippen LogP contribution in [0.2, 0.25) is 0 Å². The maximum Gasteiger partial charge on any atom is 0.152 e. The van der Waals surface area contributed by atoms with Crippen molar-refractivity contribution in [2.75, 3.05) is 25.2 Å². The molecule has 0 aliphatic rings. The van der Waals surface area contributed by atoms with Crippen LogP contribution in [0.1, 0.15) is 13.3 Å². The summed E-state index contributed by atoms with van der Waals surface area (Å²) in [5, 5.41) is 0. The van der Waals surface area contributed by atoms with Crippen molar-refractivity contribution in [3.8, 4) is 0 Å². The molecule has 1 unspecified atom stereocenters. The Morgan fingerprint density at radius 2 is 2.00 bits per heavy atom. The molecule has 0 heterocycles. The van der Waals surface area contributed by atoms with E-state index in [0.29, 0.717) is 6.42 Å². The molecule has 1 atom stereocenters. The Bertz CT molecular complexity index is 199. The van der Waals surface area contributed by atoms with Gasteiger partial charge in [-0.05, 0) is 13.3 Å². The average molecular weight is 195 g/mol. The molecule has 0 aromatic carbocycles. The van der Waals surface area contributed by atoms with E-state index in [9.17, 15) is 8.42 Å². The third kappa shape index (κ3) is 6.57. The summed E-state index contributed by atoms with van der Waals surface area (Å²) in [6.45, 7) is 2.06. The molecule has 0 saturated heterocycles. The van der Waals surface area contributed by atoms with Crippen molar-refractivity contribution in [2.24, 2.45) is 5.73 Å². The number of hydrogen-bond acceptors (Lipinski definition) is 4. The molecule has 0 aromatic rings. The second kappa shape index (κ2) is 5.50. The molecule has 0 rings (SSSR count). The molecule has 0 aliphatic carbocycles. The lowest BCUT2D eigenvalue weighted by Gasteiger charge is -2.05. The predicted octanol–water partition coefficient (Wildman–Crippen LogP) is -0.215. The number of nitrogens with two attached hydrogens (primary N) is 1. The summed E-state index contributed by atoms with van der Waals surface area (Å²) >= 11 is 0. The van der Waals surface area contributed by atoms with E-state index in [1.807, 2.05) is 0 Å². The van der Waals surface area contributed by atoms with E-state index in [4.69, 9.17) is 5.73 Å². The van der Waals surface area contributed by atoms with E-state index in [1.165, 1.54) is 7.11 Å². The van der Waals surface area contributed by atoms with Gasteiger partial charge >= 0.3 is 0 Å². The number of methoxy groups -OCH3 is 1.